The predicted molar refractivity (Wildman–Crippen MR) is 103 cm³/mol. The molecule has 0 saturated heterocycles. The van der Waals surface area contributed by atoms with Gasteiger partial charge in [-0.2, -0.15) is 5.10 Å². The van der Waals surface area contributed by atoms with Crippen LogP contribution in [0.3, 0.4) is 0 Å². The zero-order chi connectivity index (χ0) is 18.7. The first kappa shape index (κ1) is 17.7. The van der Waals surface area contributed by atoms with Gasteiger partial charge in [0.15, 0.2) is 5.82 Å². The third-order valence-corrected chi connectivity index (χ3v) is 4.36. The molecule has 3 aromatic rings. The Kier molecular flexibility index (Phi) is 5.02. The third kappa shape index (κ3) is 3.74. The van der Waals surface area contributed by atoms with Crippen LogP contribution in [0.25, 0.3) is 5.82 Å². The molecule has 2 N–H and O–H groups in total. The molecule has 6 heteroatoms. The van der Waals surface area contributed by atoms with Crippen LogP contribution in [0.5, 0.6) is 0 Å². The summed E-state index contributed by atoms with van der Waals surface area (Å²) < 4.78 is 1.77. The summed E-state index contributed by atoms with van der Waals surface area (Å²) in [5, 5.41) is 10.3. The summed E-state index contributed by atoms with van der Waals surface area (Å²) >= 11 is 0. The highest BCUT2D eigenvalue weighted by atomic mass is 16.2. The van der Waals surface area contributed by atoms with Crippen molar-refractivity contribution in [3.8, 4) is 5.82 Å². The van der Waals surface area contributed by atoms with E-state index >= 15 is 0 Å². The van der Waals surface area contributed by atoms with E-state index in [2.05, 4.69) is 20.7 Å². The van der Waals surface area contributed by atoms with Crippen molar-refractivity contribution in [2.45, 2.75) is 33.7 Å². The molecule has 0 saturated carbocycles. The van der Waals surface area contributed by atoms with Crippen molar-refractivity contribution >= 4 is 11.7 Å². The Labute approximate surface area is 153 Å². The van der Waals surface area contributed by atoms with Gasteiger partial charge in [-0.25, -0.2) is 14.5 Å². The van der Waals surface area contributed by atoms with Crippen LogP contribution in [0.1, 0.15) is 35.3 Å². The topological polar surface area (TPSA) is 71.8 Å². The molecule has 6 nitrogen and oxygen atoms in total. The van der Waals surface area contributed by atoms with Crippen LogP contribution in [0.15, 0.2) is 48.8 Å². The average molecular weight is 349 g/mol. The molecule has 0 bridgehead atoms. The van der Waals surface area contributed by atoms with Crippen molar-refractivity contribution in [3.63, 3.8) is 0 Å². The van der Waals surface area contributed by atoms with Crippen LogP contribution < -0.4 is 10.6 Å². The predicted octanol–water partition coefficient (Wildman–Crippen LogP) is 4.08. The Hall–Kier alpha value is -3.15. The second-order valence-electron chi connectivity index (χ2n) is 6.42. The van der Waals surface area contributed by atoms with Gasteiger partial charge in [-0.1, -0.05) is 23.8 Å². The molecule has 0 fully saturated rings. The Balaban J connectivity index is 1.71. The maximum Gasteiger partial charge on any atom is 0.319 e. The van der Waals surface area contributed by atoms with Gasteiger partial charge < -0.3 is 10.6 Å². The molecule has 2 aromatic heterocycles. The van der Waals surface area contributed by atoms with Gasteiger partial charge in [-0.05, 0) is 51.5 Å². The number of amides is 2. The quantitative estimate of drug-likeness (QED) is 0.745. The molecular weight excluding hydrogens is 326 g/mol. The molecule has 26 heavy (non-hydrogen) atoms. The van der Waals surface area contributed by atoms with Gasteiger partial charge in [0.2, 0.25) is 0 Å². The van der Waals surface area contributed by atoms with E-state index in [9.17, 15) is 4.79 Å². The number of aryl methyl sites for hydroxylation is 2. The van der Waals surface area contributed by atoms with Crippen LogP contribution in [-0.2, 0) is 0 Å². The second kappa shape index (κ2) is 7.39. The van der Waals surface area contributed by atoms with Gasteiger partial charge in [0.1, 0.15) is 0 Å². The minimum atomic E-state index is -0.241. The Morgan fingerprint density at radius 3 is 2.65 bits per heavy atom. The zero-order valence-electron chi connectivity index (χ0n) is 15.4. The highest BCUT2D eigenvalue weighted by molar-refractivity contribution is 5.90. The number of hydrogen-bond acceptors (Lipinski definition) is 3. The number of nitrogens with one attached hydrogen (secondary N) is 2. The molecule has 0 spiro atoms. The number of pyridine rings is 1. The lowest BCUT2D eigenvalue weighted by molar-refractivity contribution is 0.249. The highest BCUT2D eigenvalue weighted by Gasteiger charge is 2.17. The van der Waals surface area contributed by atoms with E-state index in [0.29, 0.717) is 0 Å². The molecule has 3 rings (SSSR count). The van der Waals surface area contributed by atoms with Crippen molar-refractivity contribution < 1.29 is 4.79 Å². The first-order valence-electron chi connectivity index (χ1n) is 8.56. The monoisotopic (exact) mass is 349 g/mol. The van der Waals surface area contributed by atoms with E-state index in [0.717, 1.165) is 28.3 Å². The van der Waals surface area contributed by atoms with Crippen LogP contribution in [0.4, 0.5) is 10.5 Å². The Morgan fingerprint density at radius 1 is 1.15 bits per heavy atom. The number of nitrogens with zero attached hydrogens (tertiary/aromatic N) is 3. The maximum atomic E-state index is 12.4. The first-order valence-corrected chi connectivity index (χ1v) is 8.56. The number of hydrogen-bond donors (Lipinski definition) is 2. The van der Waals surface area contributed by atoms with Crippen molar-refractivity contribution in [2.75, 3.05) is 5.32 Å². The fourth-order valence-corrected chi connectivity index (χ4v) is 2.94. The Morgan fingerprint density at radius 2 is 1.96 bits per heavy atom. The summed E-state index contributed by atoms with van der Waals surface area (Å²) in [6.45, 7) is 7.92. The molecule has 0 aliphatic rings. The molecule has 0 aliphatic heterocycles. The van der Waals surface area contributed by atoms with E-state index in [1.807, 2.05) is 64.1 Å². The van der Waals surface area contributed by atoms with E-state index in [1.165, 1.54) is 5.56 Å². The number of carbonyl (C=O) groups excluding carboxylic acids is 1. The molecule has 2 heterocycles. The van der Waals surface area contributed by atoms with E-state index in [4.69, 9.17) is 0 Å². The lowest BCUT2D eigenvalue weighted by Gasteiger charge is -2.16. The number of aromatic nitrogens is 3. The maximum absolute atomic E-state index is 12.4. The van der Waals surface area contributed by atoms with Gasteiger partial charge >= 0.3 is 6.03 Å². The summed E-state index contributed by atoms with van der Waals surface area (Å²) in [5.74, 6) is 0.753. The molecule has 1 aromatic carbocycles. The Bertz CT molecular complexity index is 917. The first-order chi connectivity index (χ1) is 12.5. The fourth-order valence-electron chi connectivity index (χ4n) is 2.94. The number of anilines is 1. The molecular formula is C20H23N5O. The molecule has 1 atom stereocenters. The van der Waals surface area contributed by atoms with Gasteiger partial charge in [-0.15, -0.1) is 0 Å². The largest absolute Gasteiger partial charge is 0.331 e. The number of benzene rings is 1. The van der Waals surface area contributed by atoms with Crippen molar-refractivity contribution in [1.29, 1.82) is 0 Å². The molecule has 0 radical (unpaired) electrons. The van der Waals surface area contributed by atoms with Crippen LogP contribution in [-0.4, -0.2) is 20.8 Å². The summed E-state index contributed by atoms with van der Waals surface area (Å²) in [7, 11) is 0. The molecule has 0 aliphatic carbocycles. The highest BCUT2D eigenvalue weighted by Crippen LogP contribution is 2.20. The van der Waals surface area contributed by atoms with Gasteiger partial charge in [0.05, 0.1) is 12.2 Å². The summed E-state index contributed by atoms with van der Waals surface area (Å²) in [6, 6.07) is 11.2. The lowest BCUT2D eigenvalue weighted by Crippen LogP contribution is -2.31. The van der Waals surface area contributed by atoms with E-state index in [-0.39, 0.29) is 12.1 Å². The normalized spacial score (nSPS) is 11.8. The number of carbonyl (C=O) groups is 1. The lowest BCUT2D eigenvalue weighted by atomic mass is 10.1. The van der Waals surface area contributed by atoms with Crippen molar-refractivity contribution in [2.24, 2.45) is 0 Å². The van der Waals surface area contributed by atoms with Crippen molar-refractivity contribution in [3.05, 3.63) is 71.2 Å². The van der Waals surface area contributed by atoms with Gasteiger partial charge in [0.25, 0.3) is 0 Å². The minimum absolute atomic E-state index is 0.182. The second-order valence-corrected chi connectivity index (χ2v) is 6.42. The van der Waals surface area contributed by atoms with Gasteiger partial charge in [0, 0.05) is 23.1 Å². The number of rotatable bonds is 4. The summed E-state index contributed by atoms with van der Waals surface area (Å²) in [6.07, 6.45) is 3.50. The van der Waals surface area contributed by atoms with E-state index < -0.39 is 0 Å². The third-order valence-electron chi connectivity index (χ3n) is 4.36. The van der Waals surface area contributed by atoms with E-state index in [1.54, 1.807) is 17.1 Å². The van der Waals surface area contributed by atoms with Crippen LogP contribution >= 0.6 is 0 Å². The smallest absolute Gasteiger partial charge is 0.319 e. The van der Waals surface area contributed by atoms with Crippen LogP contribution in [0, 0.1) is 20.8 Å². The minimum Gasteiger partial charge on any atom is -0.331 e. The molecule has 134 valence electrons. The fraction of sp³-hybridized carbons (Fsp3) is 0.250. The molecule has 2 amide bonds. The number of urea groups is 1. The van der Waals surface area contributed by atoms with Gasteiger partial charge in [-0.3, -0.25) is 0 Å². The molecule has 1 unspecified atom stereocenters. The van der Waals surface area contributed by atoms with Crippen molar-refractivity contribution in [1.82, 2.24) is 20.1 Å². The summed E-state index contributed by atoms with van der Waals surface area (Å²) in [4.78, 5) is 16.7. The standard InChI is InChI=1S/C20H23N5O/c1-13-8-9-18(14(2)11-13)24-20(26)23-15(3)17-12-22-25(16(17)4)19-7-5-6-10-21-19/h5-12,15H,1-4H3,(H2,23,24,26). The van der Waals surface area contributed by atoms with Crippen LogP contribution in [0.2, 0.25) is 0 Å². The zero-order valence-corrected chi connectivity index (χ0v) is 15.4. The average Bonchev–Trinajstić information content (AvgIpc) is 3.00. The summed E-state index contributed by atoms with van der Waals surface area (Å²) in [5.41, 5.74) is 4.90. The SMILES string of the molecule is Cc1ccc(NC(=O)NC(C)c2cnn(-c3ccccn3)c2C)c(C)c1.